The third-order valence-electron chi connectivity index (χ3n) is 4.08. The lowest BCUT2D eigenvalue weighted by molar-refractivity contribution is -0.135. The summed E-state index contributed by atoms with van der Waals surface area (Å²) in [7, 11) is -2.98. The van der Waals surface area contributed by atoms with Crippen LogP contribution < -0.4 is 5.32 Å². The van der Waals surface area contributed by atoms with Crippen LogP contribution in [0.2, 0.25) is 0 Å². The first kappa shape index (κ1) is 22.2. The van der Waals surface area contributed by atoms with Crippen molar-refractivity contribution in [3.8, 4) is 0 Å². The Labute approximate surface area is 170 Å². The number of esters is 2. The van der Waals surface area contributed by atoms with Gasteiger partial charge in [0.25, 0.3) is 0 Å². The number of carbonyl (C=O) groups is 2. The summed E-state index contributed by atoms with van der Waals surface area (Å²) in [5.74, 6) is -1.44. The van der Waals surface area contributed by atoms with Crippen molar-refractivity contribution in [3.63, 3.8) is 0 Å². The van der Waals surface area contributed by atoms with E-state index in [0.29, 0.717) is 11.3 Å². The van der Waals surface area contributed by atoms with Gasteiger partial charge in [0.05, 0.1) is 24.2 Å². The van der Waals surface area contributed by atoms with E-state index in [4.69, 9.17) is 4.74 Å². The fraction of sp³-hybridized carbons (Fsp3) is 0.238. The number of carbonyl (C=O) groups excluding carboxylic acids is 2. The van der Waals surface area contributed by atoms with Crippen molar-refractivity contribution in [2.24, 2.45) is 0 Å². The molecule has 2 rings (SSSR count). The van der Waals surface area contributed by atoms with Crippen molar-refractivity contribution in [2.75, 3.05) is 19.0 Å². The van der Waals surface area contributed by atoms with E-state index in [-0.39, 0.29) is 11.5 Å². The Morgan fingerprint density at radius 2 is 1.62 bits per heavy atom. The zero-order valence-electron chi connectivity index (χ0n) is 16.5. The highest BCUT2D eigenvalue weighted by Crippen LogP contribution is 2.22. The fourth-order valence-corrected chi connectivity index (χ4v) is 3.71. The molecule has 7 nitrogen and oxygen atoms in total. The molecule has 0 atom stereocenters. The monoisotopic (exact) mass is 417 g/mol. The molecule has 0 bridgehead atoms. The van der Waals surface area contributed by atoms with E-state index in [2.05, 4.69) is 10.1 Å². The molecule has 0 radical (unpaired) electrons. The molecule has 0 amide bonds. The number of methoxy groups -OCH3 is 1. The van der Waals surface area contributed by atoms with E-state index >= 15 is 0 Å². The van der Waals surface area contributed by atoms with Gasteiger partial charge in [-0.3, -0.25) is 0 Å². The average molecular weight is 417 g/mol. The molecule has 0 fully saturated rings. The van der Waals surface area contributed by atoms with Gasteiger partial charge in [-0.2, -0.15) is 0 Å². The Kier molecular flexibility index (Phi) is 7.55. The van der Waals surface area contributed by atoms with Crippen molar-refractivity contribution in [1.82, 2.24) is 0 Å². The molecule has 0 saturated heterocycles. The molecule has 0 unspecified atom stereocenters. The second kappa shape index (κ2) is 9.88. The van der Waals surface area contributed by atoms with Gasteiger partial charge in [0.2, 0.25) is 9.84 Å². The van der Waals surface area contributed by atoms with Gasteiger partial charge in [-0.1, -0.05) is 19.1 Å². The van der Waals surface area contributed by atoms with Crippen LogP contribution in [0.5, 0.6) is 0 Å². The van der Waals surface area contributed by atoms with Crippen LogP contribution in [0, 0.1) is 0 Å². The molecule has 0 aliphatic rings. The van der Waals surface area contributed by atoms with E-state index in [1.54, 1.807) is 31.2 Å². The van der Waals surface area contributed by atoms with E-state index in [9.17, 15) is 18.0 Å². The van der Waals surface area contributed by atoms with Crippen LogP contribution in [-0.4, -0.2) is 34.1 Å². The van der Waals surface area contributed by atoms with Crippen molar-refractivity contribution in [3.05, 3.63) is 70.8 Å². The summed E-state index contributed by atoms with van der Waals surface area (Å²) in [6.45, 7) is 3.94. The zero-order chi connectivity index (χ0) is 21.4. The van der Waals surface area contributed by atoms with E-state index in [0.717, 1.165) is 25.3 Å². The van der Waals surface area contributed by atoms with Crippen LogP contribution in [0.1, 0.15) is 29.8 Å². The van der Waals surface area contributed by atoms with Crippen LogP contribution in [0.4, 0.5) is 5.69 Å². The summed E-state index contributed by atoms with van der Waals surface area (Å²) in [4.78, 5) is 23.3. The highest BCUT2D eigenvalue weighted by atomic mass is 32.2. The number of aryl methyl sites for hydroxylation is 1. The van der Waals surface area contributed by atoms with Gasteiger partial charge >= 0.3 is 11.9 Å². The molecule has 0 aromatic heterocycles. The minimum atomic E-state index is -4.09. The zero-order valence-corrected chi connectivity index (χ0v) is 17.3. The first-order valence-electron chi connectivity index (χ1n) is 8.99. The molecule has 0 saturated carbocycles. The molecule has 0 spiro atoms. The summed E-state index contributed by atoms with van der Waals surface area (Å²) in [5.41, 5.74) is 1.82. The molecule has 2 aromatic rings. The molecule has 0 aliphatic carbocycles. The smallest absolute Gasteiger partial charge is 0.351 e. The van der Waals surface area contributed by atoms with Crippen LogP contribution in [-0.2, 0) is 30.5 Å². The Morgan fingerprint density at radius 1 is 1.00 bits per heavy atom. The maximum Gasteiger partial charge on any atom is 0.351 e. The quantitative estimate of drug-likeness (QED) is 0.519. The summed E-state index contributed by atoms with van der Waals surface area (Å²) in [5, 5.41) is 2.76. The largest absolute Gasteiger partial charge is 0.465 e. The highest BCUT2D eigenvalue weighted by molar-refractivity contribution is 7.96. The predicted octanol–water partition coefficient (Wildman–Crippen LogP) is 3.33. The van der Waals surface area contributed by atoms with Crippen molar-refractivity contribution >= 4 is 27.5 Å². The Balaban J connectivity index is 2.30. The van der Waals surface area contributed by atoms with Crippen LogP contribution >= 0.6 is 0 Å². The van der Waals surface area contributed by atoms with Gasteiger partial charge < -0.3 is 14.8 Å². The molecule has 29 heavy (non-hydrogen) atoms. The lowest BCUT2D eigenvalue weighted by Crippen LogP contribution is -2.17. The molecular weight excluding hydrogens is 394 g/mol. The van der Waals surface area contributed by atoms with Crippen molar-refractivity contribution < 1.29 is 27.5 Å². The number of ether oxygens (including phenoxy) is 2. The number of hydrogen-bond donors (Lipinski definition) is 1. The molecule has 0 aliphatic heterocycles. The summed E-state index contributed by atoms with van der Waals surface area (Å²) >= 11 is 0. The molecule has 154 valence electrons. The van der Waals surface area contributed by atoms with E-state index in [1.165, 1.54) is 24.3 Å². The second-order valence-corrected chi connectivity index (χ2v) is 7.86. The topological polar surface area (TPSA) is 98.8 Å². The number of hydrogen-bond acceptors (Lipinski definition) is 7. The average Bonchev–Trinajstić information content (AvgIpc) is 2.74. The Morgan fingerprint density at radius 3 is 2.14 bits per heavy atom. The molecule has 0 heterocycles. The maximum atomic E-state index is 12.9. The van der Waals surface area contributed by atoms with Gasteiger partial charge in [0.15, 0.2) is 4.91 Å². The third-order valence-corrected chi connectivity index (χ3v) is 5.84. The SMILES string of the molecule is CCOC(=O)c1ccc(N/C=C(\C(=O)OC)S(=O)(=O)c2ccc(CC)cc2)cc1. The van der Waals surface area contributed by atoms with Gasteiger partial charge in [-0.25, -0.2) is 18.0 Å². The first-order valence-corrected chi connectivity index (χ1v) is 10.5. The normalized spacial score (nSPS) is 11.6. The highest BCUT2D eigenvalue weighted by Gasteiger charge is 2.28. The van der Waals surface area contributed by atoms with Gasteiger partial charge in [-0.15, -0.1) is 0 Å². The summed E-state index contributed by atoms with van der Waals surface area (Å²) < 4.78 is 35.4. The minimum Gasteiger partial charge on any atom is -0.465 e. The third kappa shape index (κ3) is 5.45. The minimum absolute atomic E-state index is 0.00851. The van der Waals surface area contributed by atoms with Crippen molar-refractivity contribution in [2.45, 2.75) is 25.2 Å². The van der Waals surface area contributed by atoms with E-state index in [1.807, 2.05) is 6.92 Å². The molecule has 2 aromatic carbocycles. The van der Waals surface area contributed by atoms with Crippen LogP contribution in [0.15, 0.2) is 64.5 Å². The maximum absolute atomic E-state index is 12.9. The van der Waals surface area contributed by atoms with Gasteiger partial charge in [-0.05, 0) is 55.3 Å². The first-order chi connectivity index (χ1) is 13.8. The second-order valence-electron chi connectivity index (χ2n) is 5.94. The Bertz CT molecular complexity index is 992. The summed E-state index contributed by atoms with van der Waals surface area (Å²) in [6, 6.07) is 12.5. The predicted molar refractivity (Wildman–Crippen MR) is 109 cm³/mol. The standard InChI is InChI=1S/C21H23NO6S/c1-4-15-6-12-18(13-7-15)29(25,26)19(21(24)27-3)14-22-17-10-8-16(9-11-17)20(23)28-5-2/h6-14,22H,4-5H2,1-3H3/b19-14+. The number of sulfone groups is 1. The lowest BCUT2D eigenvalue weighted by Gasteiger charge is -2.10. The Hall–Kier alpha value is -3.13. The fourth-order valence-electron chi connectivity index (χ4n) is 2.44. The number of benzene rings is 2. The lowest BCUT2D eigenvalue weighted by atomic mass is 10.2. The number of rotatable bonds is 8. The molecule has 8 heteroatoms. The number of nitrogens with one attached hydrogen (secondary N) is 1. The van der Waals surface area contributed by atoms with Crippen LogP contribution in [0.25, 0.3) is 0 Å². The van der Waals surface area contributed by atoms with E-state index < -0.39 is 26.7 Å². The van der Waals surface area contributed by atoms with Gasteiger partial charge in [0, 0.05) is 11.9 Å². The van der Waals surface area contributed by atoms with Crippen LogP contribution in [0.3, 0.4) is 0 Å². The molecular formula is C21H23NO6S. The number of anilines is 1. The molecule has 1 N–H and O–H groups in total. The van der Waals surface area contributed by atoms with Gasteiger partial charge in [0.1, 0.15) is 0 Å². The van der Waals surface area contributed by atoms with Crippen molar-refractivity contribution in [1.29, 1.82) is 0 Å². The summed E-state index contributed by atoms with van der Waals surface area (Å²) in [6.07, 6.45) is 1.84.